The monoisotopic (exact) mass is 254 g/mol. The highest BCUT2D eigenvalue weighted by molar-refractivity contribution is 6.28. The second kappa shape index (κ2) is 4.87. The van der Waals surface area contributed by atoms with E-state index in [1.54, 1.807) is 0 Å². The Balaban J connectivity index is 2.19. The highest BCUT2D eigenvalue weighted by Crippen LogP contribution is 2.25. The van der Waals surface area contributed by atoms with Crippen molar-refractivity contribution in [1.29, 1.82) is 0 Å². The lowest BCUT2D eigenvalue weighted by molar-refractivity contribution is -0.119. The molecule has 0 bridgehead atoms. The normalized spacial score (nSPS) is 19.3. The van der Waals surface area contributed by atoms with Crippen molar-refractivity contribution in [3.8, 4) is 0 Å². The highest BCUT2D eigenvalue weighted by atomic mass is 35.5. The van der Waals surface area contributed by atoms with Gasteiger partial charge < -0.3 is 10.6 Å². The first-order valence-corrected chi connectivity index (χ1v) is 6.01. The highest BCUT2D eigenvalue weighted by Gasteiger charge is 2.24. The number of hydrogen-bond acceptors (Lipinski definition) is 4. The molecule has 1 unspecified atom stereocenters. The summed E-state index contributed by atoms with van der Waals surface area (Å²) < 4.78 is 0. The van der Waals surface area contributed by atoms with Crippen LogP contribution >= 0.6 is 11.6 Å². The van der Waals surface area contributed by atoms with Crippen molar-refractivity contribution in [1.82, 2.24) is 9.97 Å². The minimum absolute atomic E-state index is 0.0101. The number of carbonyl (C=O) groups is 1. The van der Waals surface area contributed by atoms with Gasteiger partial charge in [-0.25, -0.2) is 4.98 Å². The van der Waals surface area contributed by atoms with Crippen molar-refractivity contribution in [3.05, 3.63) is 11.5 Å². The molecule has 0 radical (unpaired) electrons. The molecule has 0 fully saturated rings. The zero-order chi connectivity index (χ0) is 12.4. The van der Waals surface area contributed by atoms with Gasteiger partial charge in [0.25, 0.3) is 0 Å². The molecule has 1 aliphatic heterocycles. The number of amides is 1. The topological polar surface area (TPSA) is 66.9 Å². The van der Waals surface area contributed by atoms with E-state index in [2.05, 4.69) is 34.4 Å². The van der Waals surface area contributed by atoms with E-state index >= 15 is 0 Å². The van der Waals surface area contributed by atoms with Gasteiger partial charge in [-0.05, 0) is 23.9 Å². The zero-order valence-corrected chi connectivity index (χ0v) is 10.6. The van der Waals surface area contributed by atoms with Gasteiger partial charge in [0.2, 0.25) is 11.2 Å². The first kappa shape index (κ1) is 12.1. The van der Waals surface area contributed by atoms with Gasteiger partial charge in [-0.1, -0.05) is 13.8 Å². The second-order valence-corrected chi connectivity index (χ2v) is 4.94. The lowest BCUT2D eigenvalue weighted by Crippen LogP contribution is -2.27. The largest absolute Gasteiger partial charge is 0.367 e. The van der Waals surface area contributed by atoms with Gasteiger partial charge in [0, 0.05) is 6.54 Å². The van der Waals surface area contributed by atoms with Gasteiger partial charge in [-0.2, -0.15) is 4.98 Å². The molecule has 0 saturated heterocycles. The second-order valence-electron chi connectivity index (χ2n) is 4.60. The van der Waals surface area contributed by atoms with Crippen molar-refractivity contribution in [2.45, 2.75) is 20.3 Å². The van der Waals surface area contributed by atoms with Crippen LogP contribution in [0.15, 0.2) is 6.20 Å². The Morgan fingerprint density at radius 2 is 2.35 bits per heavy atom. The molecule has 0 spiro atoms. The summed E-state index contributed by atoms with van der Waals surface area (Å²) in [5.74, 6) is 1.02. The number of halogens is 1. The zero-order valence-electron chi connectivity index (χ0n) is 9.83. The fraction of sp³-hybridized carbons (Fsp3) is 0.545. The van der Waals surface area contributed by atoms with E-state index in [1.807, 2.05) is 0 Å². The van der Waals surface area contributed by atoms with Crippen LogP contribution in [-0.4, -0.2) is 22.4 Å². The van der Waals surface area contributed by atoms with Gasteiger partial charge >= 0.3 is 0 Å². The van der Waals surface area contributed by atoms with Gasteiger partial charge in [0.05, 0.1) is 12.1 Å². The van der Waals surface area contributed by atoms with Gasteiger partial charge in [-0.15, -0.1) is 0 Å². The minimum Gasteiger partial charge on any atom is -0.367 e. The van der Waals surface area contributed by atoms with Crippen molar-refractivity contribution >= 4 is 29.0 Å². The van der Waals surface area contributed by atoms with Crippen LogP contribution in [0.2, 0.25) is 5.28 Å². The third-order valence-corrected chi connectivity index (χ3v) is 2.84. The molecule has 0 aliphatic carbocycles. The van der Waals surface area contributed by atoms with Crippen LogP contribution in [0.1, 0.15) is 20.3 Å². The maximum Gasteiger partial charge on any atom is 0.229 e. The summed E-state index contributed by atoms with van der Waals surface area (Å²) >= 11 is 5.71. The molecule has 1 aliphatic rings. The molecule has 1 aromatic heterocycles. The molecular weight excluding hydrogens is 240 g/mol. The number of fused-ring (bicyclic) bond motifs is 1. The van der Waals surface area contributed by atoms with Gasteiger partial charge in [0.1, 0.15) is 5.69 Å². The molecule has 17 heavy (non-hydrogen) atoms. The van der Waals surface area contributed by atoms with E-state index < -0.39 is 0 Å². The number of carbonyl (C=O) groups excluding carboxylic acids is 1. The Kier molecular flexibility index (Phi) is 3.47. The van der Waals surface area contributed by atoms with Crippen LogP contribution in [0.4, 0.5) is 11.5 Å². The maximum atomic E-state index is 12.0. The summed E-state index contributed by atoms with van der Waals surface area (Å²) in [6, 6.07) is 0. The molecule has 1 atom stereocenters. The standard InChI is InChI=1S/C11H15ClN4O/c1-6(2)3-7-4-13-9-8(15-10(7)17)5-14-11(12)16-9/h5-7H,3-4H2,1-2H3,(H,15,17)(H,13,14,16). The van der Waals surface area contributed by atoms with E-state index in [0.29, 0.717) is 24.0 Å². The summed E-state index contributed by atoms with van der Waals surface area (Å²) in [6.45, 7) is 4.77. The first-order valence-electron chi connectivity index (χ1n) is 5.63. The SMILES string of the molecule is CC(C)CC1CNc2nc(Cl)ncc2NC1=O. The molecule has 0 saturated carbocycles. The maximum absolute atomic E-state index is 12.0. The number of rotatable bonds is 2. The fourth-order valence-corrected chi connectivity index (χ4v) is 2.03. The quantitative estimate of drug-likeness (QED) is 0.794. The van der Waals surface area contributed by atoms with Crippen LogP contribution < -0.4 is 10.6 Å². The van der Waals surface area contributed by atoms with E-state index in [-0.39, 0.29) is 17.1 Å². The number of nitrogens with one attached hydrogen (secondary N) is 2. The third kappa shape index (κ3) is 2.85. The van der Waals surface area contributed by atoms with Crippen LogP contribution in [0, 0.1) is 11.8 Å². The molecule has 5 nitrogen and oxygen atoms in total. The van der Waals surface area contributed by atoms with Crippen LogP contribution in [0.25, 0.3) is 0 Å². The van der Waals surface area contributed by atoms with Crippen LogP contribution in [-0.2, 0) is 4.79 Å². The predicted molar refractivity (Wildman–Crippen MR) is 67.1 cm³/mol. The summed E-state index contributed by atoms with van der Waals surface area (Å²) in [5, 5.41) is 6.13. The fourth-order valence-electron chi connectivity index (χ4n) is 1.89. The Morgan fingerprint density at radius 1 is 1.59 bits per heavy atom. The lowest BCUT2D eigenvalue weighted by Gasteiger charge is -2.14. The molecule has 6 heteroatoms. The number of anilines is 2. The number of hydrogen-bond donors (Lipinski definition) is 2. The Bertz CT molecular complexity index is 435. The molecule has 1 aromatic rings. The third-order valence-electron chi connectivity index (χ3n) is 2.66. The number of nitrogens with zero attached hydrogens (tertiary/aromatic N) is 2. The average molecular weight is 255 g/mol. The lowest BCUT2D eigenvalue weighted by atomic mass is 9.96. The van der Waals surface area contributed by atoms with Crippen molar-refractivity contribution in [2.24, 2.45) is 11.8 Å². The Morgan fingerprint density at radius 3 is 3.06 bits per heavy atom. The molecule has 1 amide bonds. The molecular formula is C11H15ClN4O. The summed E-state index contributed by atoms with van der Waals surface area (Å²) in [5.41, 5.74) is 0.589. The summed E-state index contributed by atoms with van der Waals surface area (Å²) in [7, 11) is 0. The summed E-state index contributed by atoms with van der Waals surface area (Å²) in [4.78, 5) is 19.9. The molecule has 0 aromatic carbocycles. The van der Waals surface area contributed by atoms with Crippen molar-refractivity contribution in [3.63, 3.8) is 0 Å². The molecule has 92 valence electrons. The predicted octanol–water partition coefficient (Wildman–Crippen LogP) is 2.16. The van der Waals surface area contributed by atoms with E-state index in [1.165, 1.54) is 6.20 Å². The van der Waals surface area contributed by atoms with Crippen LogP contribution in [0.3, 0.4) is 0 Å². The average Bonchev–Trinajstić information content (AvgIpc) is 2.39. The van der Waals surface area contributed by atoms with Gasteiger partial charge in [-0.3, -0.25) is 4.79 Å². The molecule has 2 rings (SSSR count). The molecule has 2 heterocycles. The Hall–Kier alpha value is -1.36. The minimum atomic E-state index is -0.0528. The van der Waals surface area contributed by atoms with Crippen molar-refractivity contribution in [2.75, 3.05) is 17.2 Å². The first-order chi connectivity index (χ1) is 8.06. The van der Waals surface area contributed by atoms with Gasteiger partial charge in [0.15, 0.2) is 5.82 Å². The summed E-state index contributed by atoms with van der Waals surface area (Å²) in [6.07, 6.45) is 2.36. The van der Waals surface area contributed by atoms with Crippen LogP contribution in [0.5, 0.6) is 0 Å². The smallest absolute Gasteiger partial charge is 0.229 e. The molecule has 2 N–H and O–H groups in total. The number of aromatic nitrogens is 2. The van der Waals surface area contributed by atoms with Crippen molar-refractivity contribution < 1.29 is 4.79 Å². The van der Waals surface area contributed by atoms with E-state index in [0.717, 1.165) is 6.42 Å². The van der Waals surface area contributed by atoms with E-state index in [4.69, 9.17) is 11.6 Å². The Labute approximate surface area is 105 Å². The van der Waals surface area contributed by atoms with E-state index in [9.17, 15) is 4.79 Å².